The zero-order valence-corrected chi connectivity index (χ0v) is 12.2. The molecule has 4 nitrogen and oxygen atoms in total. The Morgan fingerprint density at radius 3 is 2.48 bits per heavy atom. The van der Waals surface area contributed by atoms with Crippen LogP contribution in [0.2, 0.25) is 0 Å². The van der Waals surface area contributed by atoms with Crippen molar-refractivity contribution in [3.63, 3.8) is 0 Å². The molecule has 21 heavy (non-hydrogen) atoms. The first-order chi connectivity index (χ1) is 10.2. The molecule has 0 unspecified atom stereocenters. The number of anilines is 2. The van der Waals surface area contributed by atoms with Gasteiger partial charge in [-0.2, -0.15) is 0 Å². The van der Waals surface area contributed by atoms with Gasteiger partial charge in [-0.1, -0.05) is 24.3 Å². The van der Waals surface area contributed by atoms with Crippen LogP contribution in [0.25, 0.3) is 0 Å². The van der Waals surface area contributed by atoms with E-state index in [2.05, 4.69) is 19.9 Å². The van der Waals surface area contributed by atoms with Crippen molar-refractivity contribution < 1.29 is 0 Å². The standard InChI is InChI=1S/C17H18N4/c1-13-7-6-10-16(18-13)12-21-11-14(2)19-17(21)20-15-8-4-3-5-9-15/h3-11H,12H2,1-2H3,(H,19,20). The van der Waals surface area contributed by atoms with Crippen LogP contribution >= 0.6 is 0 Å². The Labute approximate surface area is 124 Å². The van der Waals surface area contributed by atoms with Gasteiger partial charge in [0.25, 0.3) is 0 Å². The number of benzene rings is 1. The van der Waals surface area contributed by atoms with Crippen LogP contribution in [0.3, 0.4) is 0 Å². The molecular formula is C17H18N4. The summed E-state index contributed by atoms with van der Waals surface area (Å²) >= 11 is 0. The van der Waals surface area contributed by atoms with Gasteiger partial charge >= 0.3 is 0 Å². The molecular weight excluding hydrogens is 260 g/mol. The summed E-state index contributed by atoms with van der Waals surface area (Å²) in [5.74, 6) is 0.835. The summed E-state index contributed by atoms with van der Waals surface area (Å²) in [6.45, 7) is 4.71. The van der Waals surface area contributed by atoms with Crippen molar-refractivity contribution in [2.45, 2.75) is 20.4 Å². The number of rotatable bonds is 4. The van der Waals surface area contributed by atoms with E-state index in [-0.39, 0.29) is 0 Å². The summed E-state index contributed by atoms with van der Waals surface area (Å²) in [6.07, 6.45) is 2.04. The Morgan fingerprint density at radius 1 is 0.905 bits per heavy atom. The Morgan fingerprint density at radius 2 is 1.71 bits per heavy atom. The third kappa shape index (κ3) is 3.28. The molecule has 0 spiro atoms. The van der Waals surface area contributed by atoms with Crippen molar-refractivity contribution >= 4 is 11.6 Å². The average molecular weight is 278 g/mol. The van der Waals surface area contributed by atoms with Crippen molar-refractivity contribution in [3.05, 3.63) is 71.8 Å². The van der Waals surface area contributed by atoms with Crippen molar-refractivity contribution in [2.75, 3.05) is 5.32 Å². The van der Waals surface area contributed by atoms with Gasteiger partial charge < -0.3 is 9.88 Å². The van der Waals surface area contributed by atoms with Gasteiger partial charge in [-0.05, 0) is 38.1 Å². The highest BCUT2D eigenvalue weighted by atomic mass is 15.2. The smallest absolute Gasteiger partial charge is 0.207 e. The van der Waals surface area contributed by atoms with Crippen LogP contribution in [0.1, 0.15) is 17.1 Å². The Bertz CT molecular complexity index is 732. The third-order valence-corrected chi connectivity index (χ3v) is 3.21. The molecule has 106 valence electrons. The van der Waals surface area contributed by atoms with Crippen LogP contribution in [0.15, 0.2) is 54.7 Å². The zero-order chi connectivity index (χ0) is 14.7. The largest absolute Gasteiger partial charge is 0.326 e. The SMILES string of the molecule is Cc1cccc(Cn2cc(C)nc2Nc2ccccc2)n1. The molecule has 1 aromatic carbocycles. The van der Waals surface area contributed by atoms with Gasteiger partial charge in [-0.3, -0.25) is 4.98 Å². The molecule has 1 N–H and O–H groups in total. The maximum atomic E-state index is 4.55. The van der Waals surface area contributed by atoms with Crippen LogP contribution in [0.4, 0.5) is 11.6 Å². The fourth-order valence-electron chi connectivity index (χ4n) is 2.28. The molecule has 0 amide bonds. The lowest BCUT2D eigenvalue weighted by Crippen LogP contribution is -2.06. The summed E-state index contributed by atoms with van der Waals surface area (Å²) in [4.78, 5) is 9.10. The molecule has 0 bridgehead atoms. The maximum absolute atomic E-state index is 4.55. The third-order valence-electron chi connectivity index (χ3n) is 3.21. The number of hydrogen-bond donors (Lipinski definition) is 1. The number of aromatic nitrogens is 3. The van der Waals surface area contributed by atoms with E-state index in [0.717, 1.165) is 28.7 Å². The molecule has 0 atom stereocenters. The van der Waals surface area contributed by atoms with E-state index < -0.39 is 0 Å². The molecule has 2 aromatic heterocycles. The summed E-state index contributed by atoms with van der Waals surface area (Å²) in [5, 5.41) is 3.35. The molecule has 0 fully saturated rings. The second-order valence-electron chi connectivity index (χ2n) is 5.10. The minimum atomic E-state index is 0.706. The Hall–Kier alpha value is -2.62. The molecule has 0 saturated heterocycles. The first-order valence-electron chi connectivity index (χ1n) is 6.99. The minimum absolute atomic E-state index is 0.706. The van der Waals surface area contributed by atoms with Crippen molar-refractivity contribution in [3.8, 4) is 0 Å². The number of hydrogen-bond acceptors (Lipinski definition) is 3. The fourth-order valence-corrected chi connectivity index (χ4v) is 2.28. The van der Waals surface area contributed by atoms with E-state index in [1.807, 2.05) is 68.6 Å². The number of imidazole rings is 1. The highest BCUT2D eigenvalue weighted by molar-refractivity contribution is 5.53. The van der Waals surface area contributed by atoms with Gasteiger partial charge in [0, 0.05) is 17.6 Å². The second-order valence-corrected chi connectivity index (χ2v) is 5.10. The van der Waals surface area contributed by atoms with Crippen LogP contribution in [0.5, 0.6) is 0 Å². The normalized spacial score (nSPS) is 10.6. The van der Waals surface area contributed by atoms with Gasteiger partial charge in [0.05, 0.1) is 17.9 Å². The number of aryl methyl sites for hydroxylation is 2. The molecule has 0 aliphatic carbocycles. The van der Waals surface area contributed by atoms with E-state index in [1.165, 1.54) is 0 Å². The number of nitrogens with one attached hydrogen (secondary N) is 1. The van der Waals surface area contributed by atoms with Crippen LogP contribution < -0.4 is 5.32 Å². The lowest BCUT2D eigenvalue weighted by molar-refractivity contribution is 0.778. The highest BCUT2D eigenvalue weighted by Crippen LogP contribution is 2.17. The lowest BCUT2D eigenvalue weighted by Gasteiger charge is -2.09. The van der Waals surface area contributed by atoms with Crippen LogP contribution in [-0.2, 0) is 6.54 Å². The maximum Gasteiger partial charge on any atom is 0.207 e. The first kappa shape index (κ1) is 13.4. The van der Waals surface area contributed by atoms with Crippen molar-refractivity contribution in [2.24, 2.45) is 0 Å². The molecule has 2 heterocycles. The molecule has 0 aliphatic heterocycles. The molecule has 0 saturated carbocycles. The lowest BCUT2D eigenvalue weighted by atomic mass is 10.3. The predicted molar refractivity (Wildman–Crippen MR) is 84.8 cm³/mol. The van der Waals surface area contributed by atoms with Gasteiger partial charge in [0.15, 0.2) is 0 Å². The van der Waals surface area contributed by atoms with Crippen molar-refractivity contribution in [1.82, 2.24) is 14.5 Å². The van der Waals surface area contributed by atoms with E-state index in [0.29, 0.717) is 6.54 Å². The molecule has 0 aliphatic rings. The molecule has 0 radical (unpaired) electrons. The predicted octanol–water partition coefficient (Wildman–Crippen LogP) is 3.69. The number of para-hydroxylation sites is 1. The van der Waals surface area contributed by atoms with Crippen molar-refractivity contribution in [1.29, 1.82) is 0 Å². The summed E-state index contributed by atoms with van der Waals surface area (Å²) < 4.78 is 2.09. The van der Waals surface area contributed by atoms with Gasteiger partial charge in [0.2, 0.25) is 5.95 Å². The molecule has 4 heteroatoms. The van der Waals surface area contributed by atoms with Crippen LogP contribution in [-0.4, -0.2) is 14.5 Å². The minimum Gasteiger partial charge on any atom is -0.326 e. The summed E-state index contributed by atoms with van der Waals surface area (Å²) in [7, 11) is 0. The second kappa shape index (κ2) is 5.79. The molecule has 3 rings (SSSR count). The number of nitrogens with zero attached hydrogens (tertiary/aromatic N) is 3. The highest BCUT2D eigenvalue weighted by Gasteiger charge is 2.07. The van der Waals surface area contributed by atoms with Gasteiger partial charge in [-0.25, -0.2) is 4.98 Å². The average Bonchev–Trinajstić information content (AvgIpc) is 2.80. The first-order valence-corrected chi connectivity index (χ1v) is 6.99. The van der Waals surface area contributed by atoms with Gasteiger partial charge in [0.1, 0.15) is 0 Å². The Kier molecular flexibility index (Phi) is 3.69. The topological polar surface area (TPSA) is 42.7 Å². The Balaban J connectivity index is 1.86. The number of pyridine rings is 1. The van der Waals surface area contributed by atoms with E-state index in [4.69, 9.17) is 0 Å². The van der Waals surface area contributed by atoms with E-state index >= 15 is 0 Å². The van der Waals surface area contributed by atoms with Crippen LogP contribution in [0, 0.1) is 13.8 Å². The summed E-state index contributed by atoms with van der Waals surface area (Å²) in [5.41, 5.74) is 4.08. The van der Waals surface area contributed by atoms with E-state index in [9.17, 15) is 0 Å². The molecule has 3 aromatic rings. The van der Waals surface area contributed by atoms with Gasteiger partial charge in [-0.15, -0.1) is 0 Å². The fraction of sp³-hybridized carbons (Fsp3) is 0.176. The quantitative estimate of drug-likeness (QED) is 0.791. The monoisotopic (exact) mass is 278 g/mol. The van der Waals surface area contributed by atoms with E-state index in [1.54, 1.807) is 0 Å². The zero-order valence-electron chi connectivity index (χ0n) is 12.2. The summed E-state index contributed by atoms with van der Waals surface area (Å²) in [6, 6.07) is 16.1.